The van der Waals surface area contributed by atoms with E-state index in [1.807, 2.05) is 18.7 Å². The highest BCUT2D eigenvalue weighted by atomic mass is 16.5. The van der Waals surface area contributed by atoms with Gasteiger partial charge in [0.1, 0.15) is 0 Å². The zero-order valence-corrected chi connectivity index (χ0v) is 13.5. The van der Waals surface area contributed by atoms with Crippen LogP contribution in [0.3, 0.4) is 0 Å². The van der Waals surface area contributed by atoms with Gasteiger partial charge in [-0.2, -0.15) is 4.98 Å². The van der Waals surface area contributed by atoms with Crippen LogP contribution in [0.1, 0.15) is 50.7 Å². The number of aryl methyl sites for hydroxylation is 1. The van der Waals surface area contributed by atoms with Gasteiger partial charge >= 0.3 is 0 Å². The maximum absolute atomic E-state index is 12.2. The number of nitrogens with zero attached hydrogens (tertiary/aromatic N) is 3. The minimum Gasteiger partial charge on any atom is -0.359 e. The number of piperidine rings is 1. The van der Waals surface area contributed by atoms with Crippen LogP contribution in [0.4, 0.5) is 0 Å². The van der Waals surface area contributed by atoms with Crippen molar-refractivity contribution >= 4 is 11.8 Å². The van der Waals surface area contributed by atoms with Crippen molar-refractivity contribution in [3.8, 4) is 0 Å². The fourth-order valence-corrected chi connectivity index (χ4v) is 2.57. The van der Waals surface area contributed by atoms with Crippen LogP contribution >= 0.6 is 0 Å². The number of aromatic nitrogens is 2. The minimum absolute atomic E-state index is 0.0265. The van der Waals surface area contributed by atoms with Crippen LogP contribution in [0.5, 0.6) is 0 Å². The van der Waals surface area contributed by atoms with E-state index < -0.39 is 0 Å². The third-order valence-corrected chi connectivity index (χ3v) is 4.02. The summed E-state index contributed by atoms with van der Waals surface area (Å²) in [7, 11) is 1.65. The Hall–Kier alpha value is -1.92. The van der Waals surface area contributed by atoms with E-state index in [4.69, 9.17) is 4.52 Å². The maximum atomic E-state index is 12.2. The summed E-state index contributed by atoms with van der Waals surface area (Å²) < 4.78 is 5.14. The third kappa shape index (κ3) is 4.05. The Morgan fingerprint density at radius 2 is 2.05 bits per heavy atom. The zero-order valence-electron chi connectivity index (χ0n) is 13.5. The van der Waals surface area contributed by atoms with E-state index in [1.54, 1.807) is 7.05 Å². The molecule has 2 rings (SSSR count). The first-order valence-corrected chi connectivity index (χ1v) is 7.83. The molecule has 1 aliphatic rings. The summed E-state index contributed by atoms with van der Waals surface area (Å²) in [5.74, 6) is 1.58. The second-order valence-corrected chi connectivity index (χ2v) is 5.97. The van der Waals surface area contributed by atoms with Crippen LogP contribution in [-0.4, -0.2) is 47.0 Å². The molecule has 0 spiro atoms. The Morgan fingerprint density at radius 3 is 2.59 bits per heavy atom. The van der Waals surface area contributed by atoms with Crippen molar-refractivity contribution in [2.75, 3.05) is 20.1 Å². The van der Waals surface area contributed by atoms with E-state index in [0.29, 0.717) is 37.6 Å². The summed E-state index contributed by atoms with van der Waals surface area (Å²) in [5, 5.41) is 6.56. The van der Waals surface area contributed by atoms with Crippen molar-refractivity contribution in [2.24, 2.45) is 5.92 Å². The van der Waals surface area contributed by atoms with Crippen molar-refractivity contribution in [1.82, 2.24) is 20.4 Å². The summed E-state index contributed by atoms with van der Waals surface area (Å²) >= 11 is 0. The Balaban J connectivity index is 1.77. The number of hydrogen-bond donors (Lipinski definition) is 1. The topological polar surface area (TPSA) is 88.3 Å². The number of nitrogens with one attached hydrogen (secondary N) is 1. The predicted octanol–water partition coefficient (Wildman–Crippen LogP) is 1.11. The third-order valence-electron chi connectivity index (χ3n) is 4.02. The van der Waals surface area contributed by atoms with Crippen molar-refractivity contribution < 1.29 is 14.1 Å². The lowest BCUT2D eigenvalue weighted by atomic mass is 9.96. The monoisotopic (exact) mass is 308 g/mol. The van der Waals surface area contributed by atoms with Gasteiger partial charge in [-0.1, -0.05) is 19.0 Å². The standard InChI is InChI=1S/C15H24N4O3/c1-10(2)14-17-12(22-18-14)4-5-13(20)19-8-6-11(7-9-19)15(21)16-3/h10-11H,4-9H2,1-3H3,(H,16,21). The number of carbonyl (C=O) groups is 2. The Labute approximate surface area is 130 Å². The molecule has 0 atom stereocenters. The molecule has 22 heavy (non-hydrogen) atoms. The number of hydrogen-bond acceptors (Lipinski definition) is 5. The predicted molar refractivity (Wildman–Crippen MR) is 80.1 cm³/mol. The smallest absolute Gasteiger partial charge is 0.227 e. The van der Waals surface area contributed by atoms with Crippen LogP contribution < -0.4 is 5.32 Å². The Kier molecular flexibility index (Phi) is 5.51. The van der Waals surface area contributed by atoms with E-state index in [9.17, 15) is 9.59 Å². The van der Waals surface area contributed by atoms with Crippen molar-refractivity contribution in [1.29, 1.82) is 0 Å². The van der Waals surface area contributed by atoms with Crippen molar-refractivity contribution in [2.45, 2.75) is 45.4 Å². The van der Waals surface area contributed by atoms with Gasteiger partial charge in [0.05, 0.1) is 0 Å². The first-order chi connectivity index (χ1) is 10.5. The molecule has 122 valence electrons. The molecule has 2 amide bonds. The largest absolute Gasteiger partial charge is 0.359 e. The molecule has 1 fully saturated rings. The van der Waals surface area contributed by atoms with Gasteiger partial charge in [-0.25, -0.2) is 0 Å². The molecule has 7 heteroatoms. The summed E-state index contributed by atoms with van der Waals surface area (Å²) in [5.41, 5.74) is 0. The van der Waals surface area contributed by atoms with Gasteiger partial charge in [-0.05, 0) is 12.8 Å². The number of amides is 2. The van der Waals surface area contributed by atoms with Gasteiger partial charge in [0, 0.05) is 44.8 Å². The molecule has 7 nitrogen and oxygen atoms in total. The highest BCUT2D eigenvalue weighted by molar-refractivity contribution is 5.79. The molecule has 1 N–H and O–H groups in total. The Morgan fingerprint density at radius 1 is 1.36 bits per heavy atom. The fourth-order valence-electron chi connectivity index (χ4n) is 2.57. The van der Waals surface area contributed by atoms with E-state index in [1.165, 1.54) is 0 Å². The molecule has 0 unspecified atom stereocenters. The van der Waals surface area contributed by atoms with Gasteiger partial charge in [-0.15, -0.1) is 0 Å². The molecule has 1 aliphatic heterocycles. The molecule has 1 saturated heterocycles. The van der Waals surface area contributed by atoms with Crippen LogP contribution in [0.25, 0.3) is 0 Å². The van der Waals surface area contributed by atoms with Gasteiger partial charge in [-0.3, -0.25) is 9.59 Å². The molecule has 1 aromatic rings. The van der Waals surface area contributed by atoms with Crippen molar-refractivity contribution in [3.05, 3.63) is 11.7 Å². The lowest BCUT2D eigenvalue weighted by Crippen LogP contribution is -2.42. The van der Waals surface area contributed by atoms with Gasteiger partial charge < -0.3 is 14.7 Å². The van der Waals surface area contributed by atoms with Crippen LogP contribution in [-0.2, 0) is 16.0 Å². The molecular formula is C15H24N4O3. The average molecular weight is 308 g/mol. The summed E-state index contributed by atoms with van der Waals surface area (Å²) in [6.45, 7) is 5.27. The zero-order chi connectivity index (χ0) is 16.1. The molecule has 0 bridgehead atoms. The van der Waals surface area contributed by atoms with Crippen LogP contribution in [0.2, 0.25) is 0 Å². The molecular weight excluding hydrogens is 284 g/mol. The lowest BCUT2D eigenvalue weighted by Gasteiger charge is -2.31. The van der Waals surface area contributed by atoms with E-state index >= 15 is 0 Å². The maximum Gasteiger partial charge on any atom is 0.227 e. The molecule has 1 aromatic heterocycles. The highest BCUT2D eigenvalue weighted by Gasteiger charge is 2.26. The number of likely N-dealkylation sites (tertiary alicyclic amines) is 1. The minimum atomic E-state index is 0.0265. The Bertz CT molecular complexity index is 519. The molecule has 2 heterocycles. The first kappa shape index (κ1) is 16.5. The molecule has 0 aliphatic carbocycles. The van der Waals surface area contributed by atoms with E-state index in [-0.39, 0.29) is 23.7 Å². The summed E-state index contributed by atoms with van der Waals surface area (Å²) in [6, 6.07) is 0. The summed E-state index contributed by atoms with van der Waals surface area (Å²) in [6.07, 6.45) is 2.28. The molecule has 0 radical (unpaired) electrons. The van der Waals surface area contributed by atoms with Crippen LogP contribution in [0.15, 0.2) is 4.52 Å². The molecule has 0 saturated carbocycles. The normalized spacial score (nSPS) is 16.1. The van der Waals surface area contributed by atoms with Crippen LogP contribution in [0, 0.1) is 5.92 Å². The van der Waals surface area contributed by atoms with E-state index in [0.717, 1.165) is 12.8 Å². The second kappa shape index (κ2) is 7.38. The lowest BCUT2D eigenvalue weighted by molar-refractivity contribution is -0.135. The SMILES string of the molecule is CNC(=O)C1CCN(C(=O)CCc2nc(C(C)C)no2)CC1. The first-order valence-electron chi connectivity index (χ1n) is 7.83. The second-order valence-electron chi connectivity index (χ2n) is 5.97. The quantitative estimate of drug-likeness (QED) is 0.880. The fraction of sp³-hybridized carbons (Fsp3) is 0.733. The highest BCUT2D eigenvalue weighted by Crippen LogP contribution is 2.18. The summed E-state index contributed by atoms with van der Waals surface area (Å²) in [4.78, 5) is 29.9. The van der Waals surface area contributed by atoms with E-state index in [2.05, 4.69) is 15.5 Å². The van der Waals surface area contributed by atoms with Gasteiger partial charge in [0.2, 0.25) is 17.7 Å². The average Bonchev–Trinajstić information content (AvgIpc) is 3.01. The molecule has 0 aromatic carbocycles. The number of carbonyl (C=O) groups excluding carboxylic acids is 2. The van der Waals surface area contributed by atoms with Crippen molar-refractivity contribution in [3.63, 3.8) is 0 Å². The number of rotatable bonds is 5. The van der Waals surface area contributed by atoms with Gasteiger partial charge in [0.25, 0.3) is 0 Å². The van der Waals surface area contributed by atoms with Gasteiger partial charge in [0.15, 0.2) is 5.82 Å².